The maximum absolute atomic E-state index is 8.81. The third-order valence-electron chi connectivity index (χ3n) is 1.80. The topological polar surface area (TPSA) is 49.7 Å². The van der Waals surface area contributed by atoms with Crippen molar-refractivity contribution < 1.29 is 14.8 Å². The molecular weight excluding hydrogens is 155 g/mol. The SMILES string of the molecule is CCOC1=CC=C(B(O)O)CC1. The van der Waals surface area contributed by atoms with Crippen LogP contribution in [0.1, 0.15) is 19.8 Å². The molecule has 1 rings (SSSR count). The van der Waals surface area contributed by atoms with Gasteiger partial charge in [-0.1, -0.05) is 6.08 Å². The third kappa shape index (κ3) is 2.39. The highest BCUT2D eigenvalue weighted by atomic mass is 16.5. The minimum atomic E-state index is -1.32. The van der Waals surface area contributed by atoms with Gasteiger partial charge in [0.15, 0.2) is 0 Å². The third-order valence-corrected chi connectivity index (χ3v) is 1.80. The summed E-state index contributed by atoms with van der Waals surface area (Å²) in [6.45, 7) is 2.59. The quantitative estimate of drug-likeness (QED) is 0.608. The van der Waals surface area contributed by atoms with Gasteiger partial charge in [0.1, 0.15) is 0 Å². The van der Waals surface area contributed by atoms with Gasteiger partial charge in [0.05, 0.1) is 12.4 Å². The lowest BCUT2D eigenvalue weighted by molar-refractivity contribution is 0.217. The van der Waals surface area contributed by atoms with Crippen LogP contribution in [0, 0.1) is 0 Å². The fourth-order valence-corrected chi connectivity index (χ4v) is 1.16. The van der Waals surface area contributed by atoms with Gasteiger partial charge in [-0.15, -0.1) is 0 Å². The van der Waals surface area contributed by atoms with E-state index in [0.717, 1.165) is 12.2 Å². The molecular formula is C8H13BO3. The van der Waals surface area contributed by atoms with E-state index in [1.807, 2.05) is 6.92 Å². The molecule has 0 fully saturated rings. The molecule has 0 aromatic rings. The van der Waals surface area contributed by atoms with Gasteiger partial charge in [0.2, 0.25) is 0 Å². The second-order valence-corrected chi connectivity index (χ2v) is 2.68. The lowest BCUT2D eigenvalue weighted by Crippen LogP contribution is -2.17. The van der Waals surface area contributed by atoms with Gasteiger partial charge < -0.3 is 14.8 Å². The molecule has 0 atom stereocenters. The summed E-state index contributed by atoms with van der Waals surface area (Å²) >= 11 is 0. The lowest BCUT2D eigenvalue weighted by Gasteiger charge is -2.13. The summed E-state index contributed by atoms with van der Waals surface area (Å²) in [6.07, 6.45) is 4.93. The summed E-state index contributed by atoms with van der Waals surface area (Å²) in [5, 5.41) is 17.6. The fraction of sp³-hybridized carbons (Fsp3) is 0.500. The molecule has 1 aliphatic carbocycles. The number of allylic oxidation sites excluding steroid dienone is 4. The van der Waals surface area contributed by atoms with Gasteiger partial charge in [-0.3, -0.25) is 0 Å². The monoisotopic (exact) mass is 168 g/mol. The molecule has 66 valence electrons. The van der Waals surface area contributed by atoms with E-state index in [1.165, 1.54) is 0 Å². The highest BCUT2D eigenvalue weighted by molar-refractivity contribution is 6.50. The molecule has 0 aliphatic heterocycles. The van der Waals surface area contributed by atoms with Gasteiger partial charge in [0.25, 0.3) is 0 Å². The fourth-order valence-electron chi connectivity index (χ4n) is 1.16. The number of hydrogen-bond acceptors (Lipinski definition) is 3. The van der Waals surface area contributed by atoms with Crippen LogP contribution in [0.2, 0.25) is 0 Å². The first kappa shape index (κ1) is 9.35. The van der Waals surface area contributed by atoms with Gasteiger partial charge in [0, 0.05) is 6.42 Å². The molecule has 0 radical (unpaired) electrons. The van der Waals surface area contributed by atoms with E-state index in [1.54, 1.807) is 12.2 Å². The minimum absolute atomic E-state index is 0.651. The highest BCUT2D eigenvalue weighted by Gasteiger charge is 2.17. The van der Waals surface area contributed by atoms with E-state index in [-0.39, 0.29) is 0 Å². The van der Waals surface area contributed by atoms with Crippen molar-refractivity contribution in [1.29, 1.82) is 0 Å². The van der Waals surface area contributed by atoms with Crippen LogP contribution < -0.4 is 0 Å². The zero-order chi connectivity index (χ0) is 8.97. The van der Waals surface area contributed by atoms with Gasteiger partial charge in [-0.25, -0.2) is 0 Å². The van der Waals surface area contributed by atoms with Crippen LogP contribution in [0.15, 0.2) is 23.4 Å². The molecule has 0 bridgehead atoms. The predicted molar refractivity (Wildman–Crippen MR) is 47.2 cm³/mol. The van der Waals surface area contributed by atoms with E-state index in [0.29, 0.717) is 18.5 Å². The smallest absolute Gasteiger partial charge is 0.484 e. The van der Waals surface area contributed by atoms with Crippen LogP contribution in [-0.2, 0) is 4.74 Å². The summed E-state index contributed by atoms with van der Waals surface area (Å²) in [6, 6.07) is 0. The summed E-state index contributed by atoms with van der Waals surface area (Å²) in [7, 11) is -1.32. The number of rotatable bonds is 3. The Hall–Kier alpha value is -0.735. The van der Waals surface area contributed by atoms with Crippen molar-refractivity contribution >= 4 is 7.12 Å². The second-order valence-electron chi connectivity index (χ2n) is 2.68. The Morgan fingerprint density at radius 2 is 2.17 bits per heavy atom. The Labute approximate surface area is 72.5 Å². The van der Waals surface area contributed by atoms with Crippen LogP contribution >= 0.6 is 0 Å². The Balaban J connectivity index is 2.54. The van der Waals surface area contributed by atoms with Crippen molar-refractivity contribution in [3.05, 3.63) is 23.4 Å². The van der Waals surface area contributed by atoms with Crippen LogP contribution in [-0.4, -0.2) is 23.8 Å². The van der Waals surface area contributed by atoms with Crippen molar-refractivity contribution in [2.24, 2.45) is 0 Å². The first-order valence-corrected chi connectivity index (χ1v) is 4.12. The molecule has 1 aliphatic rings. The zero-order valence-corrected chi connectivity index (χ0v) is 7.16. The normalized spacial score (nSPS) is 16.6. The molecule has 4 heteroatoms. The van der Waals surface area contributed by atoms with E-state index < -0.39 is 7.12 Å². The van der Waals surface area contributed by atoms with Crippen LogP contribution in [0.5, 0.6) is 0 Å². The van der Waals surface area contributed by atoms with E-state index in [9.17, 15) is 0 Å². The molecule has 0 amide bonds. The molecule has 0 aromatic heterocycles. The molecule has 3 nitrogen and oxygen atoms in total. The van der Waals surface area contributed by atoms with Gasteiger partial charge >= 0.3 is 7.12 Å². The Bertz CT molecular complexity index is 208. The van der Waals surface area contributed by atoms with Crippen molar-refractivity contribution in [1.82, 2.24) is 0 Å². The van der Waals surface area contributed by atoms with Crippen molar-refractivity contribution in [3.63, 3.8) is 0 Å². The highest BCUT2D eigenvalue weighted by Crippen LogP contribution is 2.19. The minimum Gasteiger partial charge on any atom is -0.498 e. The Morgan fingerprint density at radius 3 is 2.58 bits per heavy atom. The van der Waals surface area contributed by atoms with Crippen molar-refractivity contribution in [3.8, 4) is 0 Å². The average molecular weight is 168 g/mol. The van der Waals surface area contributed by atoms with Crippen LogP contribution in [0.25, 0.3) is 0 Å². The largest absolute Gasteiger partial charge is 0.498 e. The zero-order valence-electron chi connectivity index (χ0n) is 7.16. The summed E-state index contributed by atoms with van der Waals surface area (Å²) in [5.41, 5.74) is 0.651. The Morgan fingerprint density at radius 1 is 1.42 bits per heavy atom. The van der Waals surface area contributed by atoms with Crippen LogP contribution in [0.3, 0.4) is 0 Å². The first-order chi connectivity index (χ1) is 5.74. The average Bonchev–Trinajstić information content (AvgIpc) is 2.06. The molecule has 12 heavy (non-hydrogen) atoms. The van der Waals surface area contributed by atoms with E-state index in [4.69, 9.17) is 14.8 Å². The Kier molecular flexibility index (Phi) is 3.38. The van der Waals surface area contributed by atoms with E-state index >= 15 is 0 Å². The molecule has 2 N–H and O–H groups in total. The van der Waals surface area contributed by atoms with Crippen molar-refractivity contribution in [2.75, 3.05) is 6.61 Å². The number of hydrogen-bond donors (Lipinski definition) is 2. The molecule has 0 spiro atoms. The standard InChI is InChI=1S/C8H13BO3/c1-2-12-8-5-3-7(4-6-8)9(10)11/h3,5,10-11H,2,4,6H2,1H3. The number of ether oxygens (including phenoxy) is 1. The van der Waals surface area contributed by atoms with Gasteiger partial charge in [-0.05, 0) is 24.9 Å². The maximum atomic E-state index is 8.81. The molecule has 0 saturated heterocycles. The first-order valence-electron chi connectivity index (χ1n) is 4.12. The molecule has 0 saturated carbocycles. The van der Waals surface area contributed by atoms with Crippen LogP contribution in [0.4, 0.5) is 0 Å². The predicted octanol–water partition coefficient (Wildman–Crippen LogP) is 0.639. The maximum Gasteiger partial charge on any atom is 0.484 e. The second kappa shape index (κ2) is 4.33. The lowest BCUT2D eigenvalue weighted by atomic mass is 9.75. The summed E-state index contributed by atoms with van der Waals surface area (Å²) in [5.74, 6) is 0.918. The molecule has 0 aromatic carbocycles. The summed E-state index contributed by atoms with van der Waals surface area (Å²) in [4.78, 5) is 0. The van der Waals surface area contributed by atoms with Gasteiger partial charge in [-0.2, -0.15) is 0 Å². The summed E-state index contributed by atoms with van der Waals surface area (Å²) < 4.78 is 5.26. The molecule has 0 heterocycles. The molecule has 0 unspecified atom stereocenters. The van der Waals surface area contributed by atoms with E-state index in [2.05, 4.69) is 0 Å². The van der Waals surface area contributed by atoms with Crippen molar-refractivity contribution in [2.45, 2.75) is 19.8 Å².